The maximum absolute atomic E-state index is 11.2. The van der Waals surface area contributed by atoms with E-state index in [2.05, 4.69) is 11.9 Å². The molecule has 0 aromatic carbocycles. The molecule has 0 aromatic rings. The van der Waals surface area contributed by atoms with Crippen molar-refractivity contribution >= 4 is 5.91 Å². The smallest absolute Gasteiger partial charge is 0.236 e. The molecule has 11 heavy (non-hydrogen) atoms. The van der Waals surface area contributed by atoms with Crippen molar-refractivity contribution in [1.29, 1.82) is 0 Å². The zero-order valence-corrected chi connectivity index (χ0v) is 6.89. The second-order valence-electron chi connectivity index (χ2n) is 2.95. The summed E-state index contributed by atoms with van der Waals surface area (Å²) in [4.78, 5) is 13.0. The highest BCUT2D eigenvalue weighted by Crippen LogP contribution is 1.98. The topological polar surface area (TPSA) is 32.3 Å². The Morgan fingerprint density at radius 1 is 1.82 bits per heavy atom. The van der Waals surface area contributed by atoms with Crippen LogP contribution in [0.5, 0.6) is 0 Å². The van der Waals surface area contributed by atoms with E-state index in [0.29, 0.717) is 13.1 Å². The highest BCUT2D eigenvalue weighted by molar-refractivity contribution is 5.79. The summed E-state index contributed by atoms with van der Waals surface area (Å²) < 4.78 is 0. The van der Waals surface area contributed by atoms with Crippen LogP contribution in [0.4, 0.5) is 0 Å². The molecule has 1 N–H and O–H groups in total. The van der Waals surface area contributed by atoms with Gasteiger partial charge in [-0.05, 0) is 6.92 Å². The Hall–Kier alpha value is -0.830. The van der Waals surface area contributed by atoms with E-state index in [0.717, 1.165) is 18.7 Å². The van der Waals surface area contributed by atoms with Crippen molar-refractivity contribution in [1.82, 2.24) is 10.2 Å². The number of hydrogen-bond acceptors (Lipinski definition) is 2. The predicted molar refractivity (Wildman–Crippen MR) is 44.3 cm³/mol. The summed E-state index contributed by atoms with van der Waals surface area (Å²) in [6.45, 7) is 8.61. The van der Waals surface area contributed by atoms with Crippen molar-refractivity contribution in [3.8, 4) is 0 Å². The van der Waals surface area contributed by atoms with E-state index in [4.69, 9.17) is 0 Å². The van der Waals surface area contributed by atoms with Crippen molar-refractivity contribution in [3.63, 3.8) is 0 Å². The van der Waals surface area contributed by atoms with Crippen LogP contribution in [0.15, 0.2) is 12.2 Å². The van der Waals surface area contributed by atoms with Crippen LogP contribution in [0.3, 0.4) is 0 Å². The van der Waals surface area contributed by atoms with Gasteiger partial charge >= 0.3 is 0 Å². The third-order valence-corrected chi connectivity index (χ3v) is 1.65. The van der Waals surface area contributed by atoms with Crippen LogP contribution in [0.25, 0.3) is 0 Å². The Kier molecular flexibility index (Phi) is 2.65. The van der Waals surface area contributed by atoms with Crippen LogP contribution in [-0.2, 0) is 4.79 Å². The highest BCUT2D eigenvalue weighted by Gasteiger charge is 2.16. The minimum atomic E-state index is 0.180. The first-order valence-electron chi connectivity index (χ1n) is 3.83. The number of amides is 1. The maximum atomic E-state index is 11.2. The molecular formula is C8H14N2O. The second kappa shape index (κ2) is 3.53. The highest BCUT2D eigenvalue weighted by atomic mass is 16.2. The molecule has 1 amide bonds. The Morgan fingerprint density at radius 2 is 2.55 bits per heavy atom. The molecular weight excluding hydrogens is 140 g/mol. The number of nitrogens with one attached hydrogen (secondary N) is 1. The normalized spacial score (nSPS) is 18.6. The van der Waals surface area contributed by atoms with E-state index in [9.17, 15) is 4.79 Å². The summed E-state index contributed by atoms with van der Waals surface area (Å²) in [7, 11) is 0. The van der Waals surface area contributed by atoms with Crippen LogP contribution >= 0.6 is 0 Å². The third-order valence-electron chi connectivity index (χ3n) is 1.65. The monoisotopic (exact) mass is 154 g/mol. The van der Waals surface area contributed by atoms with Gasteiger partial charge in [-0.1, -0.05) is 12.2 Å². The second-order valence-corrected chi connectivity index (χ2v) is 2.95. The van der Waals surface area contributed by atoms with Gasteiger partial charge in [-0.2, -0.15) is 0 Å². The largest absolute Gasteiger partial charge is 0.336 e. The van der Waals surface area contributed by atoms with Gasteiger partial charge in [0.05, 0.1) is 6.54 Å². The van der Waals surface area contributed by atoms with Crippen molar-refractivity contribution < 1.29 is 4.79 Å². The Morgan fingerprint density at radius 3 is 3.09 bits per heavy atom. The number of piperazine rings is 1. The third kappa shape index (κ3) is 2.35. The molecule has 0 bridgehead atoms. The molecule has 1 fully saturated rings. The molecule has 0 atom stereocenters. The quantitative estimate of drug-likeness (QED) is 0.567. The van der Waals surface area contributed by atoms with Gasteiger partial charge < -0.3 is 10.2 Å². The predicted octanol–water partition coefficient (Wildman–Crippen LogP) is -0.00570. The van der Waals surface area contributed by atoms with Crippen molar-refractivity contribution in [2.75, 3.05) is 26.2 Å². The average Bonchev–Trinajstić information content (AvgIpc) is 1.93. The lowest BCUT2D eigenvalue weighted by atomic mass is 10.3. The summed E-state index contributed by atoms with van der Waals surface area (Å²) in [5.74, 6) is 0.180. The summed E-state index contributed by atoms with van der Waals surface area (Å²) in [6.07, 6.45) is 0. The zero-order valence-electron chi connectivity index (χ0n) is 6.89. The molecule has 0 saturated carbocycles. The van der Waals surface area contributed by atoms with Gasteiger partial charge in [0.25, 0.3) is 0 Å². The van der Waals surface area contributed by atoms with E-state index in [1.165, 1.54) is 0 Å². The minimum absolute atomic E-state index is 0.180. The Bertz CT molecular complexity index is 177. The van der Waals surface area contributed by atoms with Gasteiger partial charge in [0.1, 0.15) is 0 Å². The van der Waals surface area contributed by atoms with Crippen LogP contribution in [0.2, 0.25) is 0 Å². The lowest BCUT2D eigenvalue weighted by Gasteiger charge is -2.27. The van der Waals surface area contributed by atoms with E-state index in [-0.39, 0.29) is 5.91 Å². The van der Waals surface area contributed by atoms with Crippen LogP contribution in [0, 0.1) is 0 Å². The molecule has 1 aliphatic rings. The standard InChI is InChI=1S/C8H14N2O/c1-7(2)6-10-4-3-9-5-8(10)11/h9H,1,3-6H2,2H3. The fourth-order valence-electron chi connectivity index (χ4n) is 1.14. The summed E-state index contributed by atoms with van der Waals surface area (Å²) in [5, 5.41) is 3.02. The number of hydrogen-bond donors (Lipinski definition) is 1. The molecule has 1 aliphatic heterocycles. The Labute approximate surface area is 67.1 Å². The lowest BCUT2D eigenvalue weighted by Crippen LogP contribution is -2.48. The minimum Gasteiger partial charge on any atom is -0.336 e. The lowest BCUT2D eigenvalue weighted by molar-refractivity contribution is -0.131. The first kappa shape index (κ1) is 8.27. The fourth-order valence-corrected chi connectivity index (χ4v) is 1.14. The molecule has 1 heterocycles. The van der Waals surface area contributed by atoms with E-state index < -0.39 is 0 Å². The molecule has 0 radical (unpaired) electrons. The van der Waals surface area contributed by atoms with Crippen molar-refractivity contribution in [2.45, 2.75) is 6.92 Å². The number of rotatable bonds is 2. The van der Waals surface area contributed by atoms with Gasteiger partial charge in [0.15, 0.2) is 0 Å². The first-order chi connectivity index (χ1) is 5.20. The molecule has 1 rings (SSSR count). The molecule has 0 spiro atoms. The number of carbonyl (C=O) groups is 1. The molecule has 1 saturated heterocycles. The van der Waals surface area contributed by atoms with Gasteiger partial charge in [-0.15, -0.1) is 0 Å². The SMILES string of the molecule is C=C(C)CN1CCNCC1=O. The van der Waals surface area contributed by atoms with Gasteiger partial charge in [0.2, 0.25) is 5.91 Å². The van der Waals surface area contributed by atoms with Gasteiger partial charge in [-0.25, -0.2) is 0 Å². The summed E-state index contributed by atoms with van der Waals surface area (Å²) in [6, 6.07) is 0. The average molecular weight is 154 g/mol. The van der Waals surface area contributed by atoms with Gasteiger partial charge in [-0.3, -0.25) is 4.79 Å². The van der Waals surface area contributed by atoms with E-state index in [1.807, 2.05) is 11.8 Å². The number of nitrogens with zero attached hydrogens (tertiary/aromatic N) is 1. The van der Waals surface area contributed by atoms with E-state index in [1.54, 1.807) is 0 Å². The summed E-state index contributed by atoms with van der Waals surface area (Å²) >= 11 is 0. The van der Waals surface area contributed by atoms with Crippen LogP contribution < -0.4 is 5.32 Å². The zero-order chi connectivity index (χ0) is 8.27. The molecule has 0 aliphatic carbocycles. The van der Waals surface area contributed by atoms with Crippen LogP contribution in [0.1, 0.15) is 6.92 Å². The van der Waals surface area contributed by atoms with E-state index >= 15 is 0 Å². The first-order valence-corrected chi connectivity index (χ1v) is 3.83. The maximum Gasteiger partial charge on any atom is 0.236 e. The van der Waals surface area contributed by atoms with Crippen molar-refractivity contribution in [3.05, 3.63) is 12.2 Å². The molecule has 0 aromatic heterocycles. The van der Waals surface area contributed by atoms with Crippen molar-refractivity contribution in [2.24, 2.45) is 0 Å². The molecule has 62 valence electrons. The molecule has 3 nitrogen and oxygen atoms in total. The molecule has 3 heteroatoms. The van der Waals surface area contributed by atoms with Gasteiger partial charge in [0, 0.05) is 19.6 Å². The Balaban J connectivity index is 2.42. The molecule has 0 unspecified atom stereocenters. The summed E-state index contributed by atoms with van der Waals surface area (Å²) in [5.41, 5.74) is 1.04. The fraction of sp³-hybridized carbons (Fsp3) is 0.625. The number of carbonyl (C=O) groups excluding carboxylic acids is 1. The van der Waals surface area contributed by atoms with Crippen LogP contribution in [-0.4, -0.2) is 37.0 Å².